The van der Waals surface area contributed by atoms with Gasteiger partial charge in [0.05, 0.1) is 24.3 Å². The van der Waals surface area contributed by atoms with Gasteiger partial charge in [-0.3, -0.25) is 14.4 Å². The van der Waals surface area contributed by atoms with Gasteiger partial charge in [-0.25, -0.2) is 0 Å². The summed E-state index contributed by atoms with van der Waals surface area (Å²) in [7, 11) is 0. The van der Waals surface area contributed by atoms with E-state index in [1.807, 2.05) is 18.2 Å². The van der Waals surface area contributed by atoms with Gasteiger partial charge in [-0.1, -0.05) is 12.1 Å². The summed E-state index contributed by atoms with van der Waals surface area (Å²) in [6.07, 6.45) is 2.62. The Morgan fingerprint density at radius 2 is 2.10 bits per heavy atom. The molecule has 29 heavy (non-hydrogen) atoms. The predicted molar refractivity (Wildman–Crippen MR) is 107 cm³/mol. The molecule has 3 aliphatic heterocycles. The Hall–Kier alpha value is -3.35. The summed E-state index contributed by atoms with van der Waals surface area (Å²) in [5.74, 6) is 0.354. The van der Waals surface area contributed by atoms with Crippen molar-refractivity contribution in [3.63, 3.8) is 0 Å². The van der Waals surface area contributed by atoms with Crippen molar-refractivity contribution < 1.29 is 19.1 Å². The topological polar surface area (TPSA) is 87.7 Å². The minimum Gasteiger partial charge on any atom is -0.493 e. The number of fused-ring (bicyclic) bond motifs is 3. The van der Waals surface area contributed by atoms with E-state index in [0.29, 0.717) is 36.5 Å². The van der Waals surface area contributed by atoms with Crippen LogP contribution < -0.4 is 15.4 Å². The second kappa shape index (κ2) is 6.92. The lowest BCUT2D eigenvalue weighted by Gasteiger charge is -2.20. The van der Waals surface area contributed by atoms with Crippen molar-refractivity contribution in [1.29, 1.82) is 0 Å². The molecule has 3 aliphatic rings. The molecule has 3 amide bonds. The third-order valence-corrected chi connectivity index (χ3v) is 5.73. The minimum atomic E-state index is -0.407. The number of nitrogens with zero attached hydrogens (tertiary/aromatic N) is 1. The van der Waals surface area contributed by atoms with Gasteiger partial charge in [0.15, 0.2) is 0 Å². The van der Waals surface area contributed by atoms with Crippen LogP contribution in [0.25, 0.3) is 0 Å². The number of ether oxygens (including phenoxy) is 1. The van der Waals surface area contributed by atoms with Crippen LogP contribution >= 0.6 is 0 Å². The van der Waals surface area contributed by atoms with Crippen LogP contribution in [-0.2, 0) is 22.4 Å². The number of benzene rings is 2. The first kappa shape index (κ1) is 17.7. The highest BCUT2D eigenvalue weighted by atomic mass is 16.5. The third-order valence-electron chi connectivity index (χ3n) is 5.73. The van der Waals surface area contributed by atoms with Gasteiger partial charge in [0, 0.05) is 18.7 Å². The largest absolute Gasteiger partial charge is 0.493 e. The first-order valence-electron chi connectivity index (χ1n) is 9.89. The number of carbonyl (C=O) groups excluding carboxylic acids is 3. The summed E-state index contributed by atoms with van der Waals surface area (Å²) in [5, 5.41) is 5.70. The highest BCUT2D eigenvalue weighted by molar-refractivity contribution is 6.11. The molecule has 0 aromatic heterocycles. The normalized spacial score (nSPS) is 19.6. The van der Waals surface area contributed by atoms with Crippen molar-refractivity contribution in [2.75, 3.05) is 23.8 Å². The van der Waals surface area contributed by atoms with Crippen LogP contribution in [0, 0.1) is 0 Å². The Balaban J connectivity index is 1.34. The number of hydrogen-bond donors (Lipinski definition) is 2. The summed E-state index contributed by atoms with van der Waals surface area (Å²) in [4.78, 5) is 39.4. The van der Waals surface area contributed by atoms with Gasteiger partial charge in [0.1, 0.15) is 11.8 Å². The Morgan fingerprint density at radius 1 is 1.21 bits per heavy atom. The fraction of sp³-hybridized carbons (Fsp3) is 0.318. The van der Waals surface area contributed by atoms with Crippen molar-refractivity contribution >= 4 is 29.1 Å². The minimum absolute atomic E-state index is 0.148. The van der Waals surface area contributed by atoms with Crippen LogP contribution in [0.4, 0.5) is 11.4 Å². The summed E-state index contributed by atoms with van der Waals surface area (Å²) in [6.45, 7) is 1.26. The van der Waals surface area contributed by atoms with Crippen LogP contribution in [0.1, 0.15) is 34.3 Å². The highest BCUT2D eigenvalue weighted by Gasteiger charge is 2.38. The molecule has 2 aromatic carbocycles. The number of carbonyl (C=O) groups is 3. The predicted octanol–water partition coefficient (Wildman–Crippen LogP) is 2.36. The van der Waals surface area contributed by atoms with Crippen molar-refractivity contribution in [2.45, 2.75) is 31.7 Å². The molecule has 3 heterocycles. The zero-order chi connectivity index (χ0) is 20.0. The maximum atomic E-state index is 12.9. The van der Waals surface area contributed by atoms with Crippen LogP contribution in [0.2, 0.25) is 0 Å². The van der Waals surface area contributed by atoms with Gasteiger partial charge in [-0.2, -0.15) is 0 Å². The zero-order valence-corrected chi connectivity index (χ0v) is 15.9. The Kier molecular flexibility index (Phi) is 4.23. The van der Waals surface area contributed by atoms with Crippen LogP contribution in [0.15, 0.2) is 36.4 Å². The summed E-state index contributed by atoms with van der Waals surface area (Å²) < 4.78 is 5.56. The first-order valence-corrected chi connectivity index (χ1v) is 9.89. The van der Waals surface area contributed by atoms with E-state index in [1.165, 1.54) is 5.56 Å². The molecule has 0 aliphatic carbocycles. The maximum Gasteiger partial charge on any atom is 0.256 e. The van der Waals surface area contributed by atoms with Gasteiger partial charge in [0.2, 0.25) is 11.8 Å². The van der Waals surface area contributed by atoms with Gasteiger partial charge in [-0.05, 0) is 48.2 Å². The monoisotopic (exact) mass is 391 g/mol. The van der Waals surface area contributed by atoms with E-state index in [0.717, 1.165) is 24.2 Å². The average Bonchev–Trinajstić information content (AvgIpc) is 3.35. The number of anilines is 2. The molecular formula is C22H21N3O4. The summed E-state index contributed by atoms with van der Waals surface area (Å²) in [5.41, 5.74) is 3.47. The Bertz CT molecular complexity index is 1030. The lowest BCUT2D eigenvalue weighted by atomic mass is 10.1. The molecular weight excluding hydrogens is 370 g/mol. The molecule has 5 rings (SSSR count). The smallest absolute Gasteiger partial charge is 0.256 e. The maximum absolute atomic E-state index is 12.9. The number of rotatable bonds is 3. The SMILES string of the molecule is O=C(Cc1ccc2c(c1)OCC2)Nc1ccc2c(c1)C(=O)N1CCCC1C(=O)N2. The molecule has 1 fully saturated rings. The molecule has 0 bridgehead atoms. The van der Waals surface area contributed by atoms with E-state index in [9.17, 15) is 14.4 Å². The van der Waals surface area contributed by atoms with Crippen molar-refractivity contribution in [1.82, 2.24) is 4.90 Å². The average molecular weight is 391 g/mol. The fourth-order valence-corrected chi connectivity index (χ4v) is 4.27. The molecule has 2 N–H and O–H groups in total. The molecule has 1 unspecified atom stereocenters. The highest BCUT2D eigenvalue weighted by Crippen LogP contribution is 2.31. The Morgan fingerprint density at radius 3 is 3.00 bits per heavy atom. The van der Waals surface area contributed by atoms with E-state index in [1.54, 1.807) is 23.1 Å². The molecule has 1 atom stereocenters. The first-order chi connectivity index (χ1) is 14.1. The van der Waals surface area contributed by atoms with E-state index >= 15 is 0 Å². The van der Waals surface area contributed by atoms with Crippen LogP contribution in [-0.4, -0.2) is 41.8 Å². The molecule has 2 aromatic rings. The molecule has 148 valence electrons. The van der Waals surface area contributed by atoms with E-state index < -0.39 is 6.04 Å². The van der Waals surface area contributed by atoms with Gasteiger partial charge < -0.3 is 20.3 Å². The lowest BCUT2D eigenvalue weighted by molar-refractivity contribution is -0.119. The number of hydrogen-bond acceptors (Lipinski definition) is 4. The molecule has 0 radical (unpaired) electrons. The second-order valence-corrected chi connectivity index (χ2v) is 7.67. The van der Waals surface area contributed by atoms with Crippen molar-refractivity contribution in [3.05, 3.63) is 53.1 Å². The van der Waals surface area contributed by atoms with Gasteiger partial charge in [0.25, 0.3) is 5.91 Å². The van der Waals surface area contributed by atoms with Crippen molar-refractivity contribution in [2.24, 2.45) is 0 Å². The van der Waals surface area contributed by atoms with Gasteiger partial charge >= 0.3 is 0 Å². The third kappa shape index (κ3) is 3.22. The Labute approximate surface area is 168 Å². The quantitative estimate of drug-likeness (QED) is 0.841. The molecule has 7 nitrogen and oxygen atoms in total. The zero-order valence-electron chi connectivity index (χ0n) is 15.9. The van der Waals surface area contributed by atoms with E-state index in [-0.39, 0.29) is 24.1 Å². The molecule has 0 spiro atoms. The standard InChI is InChI=1S/C22H21N3O4/c26-20(11-13-3-4-14-7-9-29-19(14)10-13)23-15-5-6-17-16(12-15)22(28)25-8-1-2-18(25)21(27)24-17/h3-6,10,12,18H,1-2,7-9,11H2,(H,23,26)(H,24,27). The molecule has 1 saturated heterocycles. The van der Waals surface area contributed by atoms with Crippen LogP contribution in [0.5, 0.6) is 5.75 Å². The van der Waals surface area contributed by atoms with Crippen molar-refractivity contribution in [3.8, 4) is 5.75 Å². The number of amides is 3. The van der Waals surface area contributed by atoms with Crippen LogP contribution in [0.3, 0.4) is 0 Å². The summed E-state index contributed by atoms with van der Waals surface area (Å²) >= 11 is 0. The second-order valence-electron chi connectivity index (χ2n) is 7.67. The van der Waals surface area contributed by atoms with E-state index in [2.05, 4.69) is 10.6 Å². The van der Waals surface area contributed by atoms with E-state index in [4.69, 9.17) is 4.74 Å². The summed E-state index contributed by atoms with van der Waals surface area (Å²) in [6, 6.07) is 10.5. The number of nitrogens with one attached hydrogen (secondary N) is 2. The van der Waals surface area contributed by atoms with Gasteiger partial charge in [-0.15, -0.1) is 0 Å². The lowest BCUT2D eigenvalue weighted by Crippen LogP contribution is -2.40. The molecule has 7 heteroatoms. The fourth-order valence-electron chi connectivity index (χ4n) is 4.27. The molecule has 0 saturated carbocycles.